The Bertz CT molecular complexity index is 770. The molecular weight excluding hydrogens is 272 g/mol. The first-order valence-corrected chi connectivity index (χ1v) is 6.40. The summed E-state index contributed by atoms with van der Waals surface area (Å²) in [5.41, 5.74) is 1.43. The lowest BCUT2D eigenvalue weighted by Gasteiger charge is -1.82. The summed E-state index contributed by atoms with van der Waals surface area (Å²) in [4.78, 5) is 22.8. The van der Waals surface area contributed by atoms with Crippen molar-refractivity contribution < 1.29 is 9.59 Å². The van der Waals surface area contributed by atoms with E-state index in [9.17, 15) is 9.59 Å². The molecule has 0 spiro atoms. The van der Waals surface area contributed by atoms with E-state index < -0.39 is 0 Å². The van der Waals surface area contributed by atoms with Crippen molar-refractivity contribution in [1.29, 1.82) is 0 Å². The van der Waals surface area contributed by atoms with Crippen molar-refractivity contribution in [3.05, 3.63) is 47.6 Å². The van der Waals surface area contributed by atoms with E-state index in [2.05, 4.69) is 47.4 Å². The summed E-state index contributed by atoms with van der Waals surface area (Å²) < 4.78 is 0. The molecule has 0 unspecified atom stereocenters. The summed E-state index contributed by atoms with van der Waals surface area (Å²) in [6.45, 7) is 3.54. The van der Waals surface area contributed by atoms with Gasteiger partial charge in [-0.1, -0.05) is 36.1 Å². The highest BCUT2D eigenvalue weighted by Crippen LogP contribution is 1.91. The smallest absolute Gasteiger partial charge is 0.229 e. The number of hydrogen-bond donors (Lipinski definition) is 0. The summed E-state index contributed by atoms with van der Waals surface area (Å²) in [7, 11) is 0. The summed E-state index contributed by atoms with van der Waals surface area (Å²) in [5.74, 6) is 19.7. The Morgan fingerprint density at radius 2 is 1.00 bits per heavy atom. The highest BCUT2D eigenvalue weighted by Gasteiger charge is 1.87. The minimum Gasteiger partial charge on any atom is -0.280 e. The fourth-order valence-electron chi connectivity index (χ4n) is 1.17. The van der Waals surface area contributed by atoms with Gasteiger partial charge in [0.15, 0.2) is 0 Å². The summed E-state index contributed by atoms with van der Waals surface area (Å²) in [6, 6.07) is 0. The zero-order valence-corrected chi connectivity index (χ0v) is 12.3. The van der Waals surface area contributed by atoms with E-state index in [1.165, 1.54) is 12.2 Å². The largest absolute Gasteiger partial charge is 0.280 e. The van der Waals surface area contributed by atoms with Crippen molar-refractivity contribution in [3.8, 4) is 47.4 Å². The zero-order chi connectivity index (χ0) is 16.2. The lowest BCUT2D eigenvalue weighted by atomic mass is 10.2. The van der Waals surface area contributed by atoms with E-state index >= 15 is 0 Å². The van der Waals surface area contributed by atoms with E-state index in [-0.39, 0.29) is 11.6 Å². The van der Waals surface area contributed by atoms with E-state index in [4.69, 9.17) is 0 Å². The normalized spacial score (nSPS) is 14.3. The van der Waals surface area contributed by atoms with Gasteiger partial charge < -0.3 is 0 Å². The third-order valence-electron chi connectivity index (χ3n) is 2.20. The van der Waals surface area contributed by atoms with Gasteiger partial charge in [-0.05, 0) is 72.7 Å². The Morgan fingerprint density at radius 1 is 0.636 bits per heavy atom. The number of hydrogen-bond acceptors (Lipinski definition) is 2. The molecule has 0 aromatic heterocycles. The molecule has 0 aromatic carbocycles. The standard InChI is InChI=1S/C20H12O2/c1-17-9-3-5-13-20(22)16-8-12-18(2)10-4-6-14-19(21)15-7-11-17/h7-8,11-12,15-16H,1-2H3. The Labute approximate surface area is 130 Å². The van der Waals surface area contributed by atoms with Gasteiger partial charge in [0.05, 0.1) is 0 Å². The molecule has 104 valence electrons. The van der Waals surface area contributed by atoms with Gasteiger partial charge in [0.2, 0.25) is 11.6 Å². The van der Waals surface area contributed by atoms with Gasteiger partial charge in [-0.25, -0.2) is 0 Å². The van der Waals surface area contributed by atoms with Gasteiger partial charge in [0, 0.05) is 0 Å². The molecule has 1 aliphatic rings. The molecule has 0 radical (unpaired) electrons. The second kappa shape index (κ2) is 9.44. The second-order valence-electron chi connectivity index (χ2n) is 4.15. The maximum Gasteiger partial charge on any atom is 0.229 e. The summed E-state index contributed by atoms with van der Waals surface area (Å²) in [6.07, 6.45) is 9.12. The third kappa shape index (κ3) is 7.86. The number of allylic oxidation sites excluding steroid dienone is 8. The molecule has 0 atom stereocenters. The molecule has 1 aliphatic carbocycles. The lowest BCUT2D eigenvalue weighted by Crippen LogP contribution is -1.85. The molecule has 2 nitrogen and oxygen atoms in total. The molecule has 0 heterocycles. The number of rotatable bonds is 0. The van der Waals surface area contributed by atoms with Crippen molar-refractivity contribution in [2.75, 3.05) is 0 Å². The molecule has 22 heavy (non-hydrogen) atoms. The third-order valence-corrected chi connectivity index (χ3v) is 2.20. The quantitative estimate of drug-likeness (QED) is 0.504. The molecule has 0 saturated heterocycles. The Kier molecular flexibility index (Phi) is 7.12. The molecule has 0 aliphatic heterocycles. The van der Waals surface area contributed by atoms with Gasteiger partial charge in [0.25, 0.3) is 0 Å². The molecule has 0 N–H and O–H groups in total. The number of carbonyl (C=O) groups excluding carboxylic acids is 2. The SMILES string of the molecule is CC1=CC=CC(=O)C#CC#CC(C)=CC=CC(=O)C#CC#C1. The first-order valence-electron chi connectivity index (χ1n) is 6.40. The second-order valence-corrected chi connectivity index (χ2v) is 4.15. The first-order chi connectivity index (χ1) is 10.6. The van der Waals surface area contributed by atoms with Crippen molar-refractivity contribution in [2.24, 2.45) is 0 Å². The number of carbonyl (C=O) groups is 2. The van der Waals surface area contributed by atoms with Crippen molar-refractivity contribution >= 4 is 11.6 Å². The predicted octanol–water partition coefficient (Wildman–Crippen LogP) is 2.16. The van der Waals surface area contributed by atoms with Crippen LogP contribution in [-0.2, 0) is 9.59 Å². The monoisotopic (exact) mass is 284 g/mol. The van der Waals surface area contributed by atoms with Gasteiger partial charge in [-0.3, -0.25) is 9.59 Å². The zero-order valence-electron chi connectivity index (χ0n) is 12.3. The van der Waals surface area contributed by atoms with Gasteiger partial charge in [-0.2, -0.15) is 0 Å². The molecule has 0 saturated carbocycles. The highest BCUT2D eigenvalue weighted by atomic mass is 16.1. The van der Waals surface area contributed by atoms with Crippen LogP contribution in [0.15, 0.2) is 47.6 Å². The van der Waals surface area contributed by atoms with Crippen LogP contribution in [0, 0.1) is 47.4 Å². The van der Waals surface area contributed by atoms with Crippen LogP contribution in [0.3, 0.4) is 0 Å². The van der Waals surface area contributed by atoms with Crippen LogP contribution in [0.2, 0.25) is 0 Å². The van der Waals surface area contributed by atoms with Gasteiger partial charge >= 0.3 is 0 Å². The Morgan fingerprint density at radius 3 is 1.41 bits per heavy atom. The lowest BCUT2D eigenvalue weighted by molar-refractivity contribution is -0.110. The average Bonchev–Trinajstić information content (AvgIpc) is 2.47. The van der Waals surface area contributed by atoms with Crippen molar-refractivity contribution in [2.45, 2.75) is 13.8 Å². The van der Waals surface area contributed by atoms with E-state index in [0.29, 0.717) is 11.1 Å². The van der Waals surface area contributed by atoms with Gasteiger partial charge in [0.1, 0.15) is 0 Å². The first kappa shape index (κ1) is 16.6. The maximum absolute atomic E-state index is 11.4. The predicted molar refractivity (Wildman–Crippen MR) is 86.9 cm³/mol. The van der Waals surface area contributed by atoms with Crippen molar-refractivity contribution in [1.82, 2.24) is 0 Å². The topological polar surface area (TPSA) is 34.1 Å². The van der Waals surface area contributed by atoms with Crippen LogP contribution in [-0.4, -0.2) is 11.6 Å². The van der Waals surface area contributed by atoms with Crippen LogP contribution in [0.25, 0.3) is 0 Å². The van der Waals surface area contributed by atoms with Crippen LogP contribution in [0.1, 0.15) is 13.8 Å². The highest BCUT2D eigenvalue weighted by molar-refractivity contribution is 6.05. The van der Waals surface area contributed by atoms with Crippen LogP contribution >= 0.6 is 0 Å². The van der Waals surface area contributed by atoms with Crippen LogP contribution in [0.4, 0.5) is 0 Å². The maximum atomic E-state index is 11.4. The Hall–Kier alpha value is -3.46. The summed E-state index contributed by atoms with van der Waals surface area (Å²) >= 11 is 0. The minimum atomic E-state index is -0.334. The molecule has 0 amide bonds. The van der Waals surface area contributed by atoms with Crippen LogP contribution < -0.4 is 0 Å². The molecule has 0 aromatic rings. The molecule has 1 rings (SSSR count). The fraction of sp³-hybridized carbons (Fsp3) is 0.100. The van der Waals surface area contributed by atoms with Crippen molar-refractivity contribution in [3.63, 3.8) is 0 Å². The van der Waals surface area contributed by atoms with E-state index in [0.717, 1.165) is 0 Å². The number of ketones is 2. The molecule has 0 bridgehead atoms. The average molecular weight is 284 g/mol. The fourth-order valence-corrected chi connectivity index (χ4v) is 1.17. The van der Waals surface area contributed by atoms with E-state index in [1.807, 2.05) is 0 Å². The molecular formula is C20H12O2. The van der Waals surface area contributed by atoms with E-state index in [1.54, 1.807) is 38.2 Å². The minimum absolute atomic E-state index is 0.334. The Balaban J connectivity index is 3.12. The summed E-state index contributed by atoms with van der Waals surface area (Å²) in [5, 5.41) is 0. The van der Waals surface area contributed by atoms with Crippen LogP contribution in [0.5, 0.6) is 0 Å². The van der Waals surface area contributed by atoms with Gasteiger partial charge in [-0.15, -0.1) is 0 Å². The molecule has 0 fully saturated rings. The molecule has 2 heteroatoms.